The highest BCUT2D eigenvalue weighted by Crippen LogP contribution is 2.02. The van der Waals surface area contributed by atoms with Crippen molar-refractivity contribution in [3.05, 3.63) is 18.0 Å². The van der Waals surface area contributed by atoms with Crippen LogP contribution in [0.25, 0.3) is 0 Å². The van der Waals surface area contributed by atoms with E-state index in [1.165, 1.54) is 0 Å². The Labute approximate surface area is 98.2 Å². The summed E-state index contributed by atoms with van der Waals surface area (Å²) in [5.41, 5.74) is 0.598. The molecule has 0 spiro atoms. The molecule has 4 nitrogen and oxygen atoms in total. The number of nitrogens with one attached hydrogen (secondary N) is 1. The molecule has 0 fully saturated rings. The molecule has 1 aromatic rings. The fourth-order valence-corrected chi connectivity index (χ4v) is 1.67. The van der Waals surface area contributed by atoms with Crippen LogP contribution in [0.2, 0.25) is 0 Å². The smallest absolute Gasteiger partial charge is 0.269 e. The van der Waals surface area contributed by atoms with Gasteiger partial charge in [-0.3, -0.25) is 9.48 Å². The highest BCUT2D eigenvalue weighted by Gasteiger charge is 2.12. The lowest BCUT2D eigenvalue weighted by atomic mass is 10.2. The Kier molecular flexibility index (Phi) is 4.81. The molecule has 0 saturated carbocycles. The van der Waals surface area contributed by atoms with E-state index in [2.05, 4.69) is 26.3 Å². The molecule has 0 aliphatic heterocycles. The van der Waals surface area contributed by atoms with Crippen LogP contribution in [-0.4, -0.2) is 27.1 Å². The zero-order valence-electron chi connectivity index (χ0n) is 9.03. The summed E-state index contributed by atoms with van der Waals surface area (Å²) in [6, 6.07) is 1.91. The van der Waals surface area contributed by atoms with Crippen LogP contribution in [0.5, 0.6) is 0 Å². The average Bonchev–Trinajstić information content (AvgIpc) is 2.61. The molecule has 0 aromatic carbocycles. The van der Waals surface area contributed by atoms with Crippen molar-refractivity contribution >= 4 is 21.8 Å². The SMILES string of the molecule is CC(CCCBr)NC(=O)c1ccnn1C. The number of hydrogen-bond donors (Lipinski definition) is 1. The van der Waals surface area contributed by atoms with Gasteiger partial charge in [-0.1, -0.05) is 15.9 Å². The Balaban J connectivity index is 2.46. The van der Waals surface area contributed by atoms with Crippen molar-refractivity contribution in [3.8, 4) is 0 Å². The summed E-state index contributed by atoms with van der Waals surface area (Å²) in [5.74, 6) is -0.0583. The van der Waals surface area contributed by atoms with Crippen molar-refractivity contribution in [1.82, 2.24) is 15.1 Å². The van der Waals surface area contributed by atoms with Gasteiger partial charge in [0.1, 0.15) is 5.69 Å². The number of carbonyl (C=O) groups excluding carboxylic acids is 1. The Bertz CT molecular complexity index is 324. The second-order valence-corrected chi connectivity index (χ2v) is 4.34. The minimum atomic E-state index is -0.0583. The third kappa shape index (κ3) is 3.66. The molecule has 5 heteroatoms. The second kappa shape index (κ2) is 5.90. The van der Waals surface area contributed by atoms with Crippen LogP contribution in [0.1, 0.15) is 30.3 Å². The predicted octanol–water partition coefficient (Wildman–Crippen LogP) is 1.71. The molecule has 1 unspecified atom stereocenters. The molecule has 1 N–H and O–H groups in total. The van der Waals surface area contributed by atoms with Crippen molar-refractivity contribution in [2.24, 2.45) is 7.05 Å². The maximum Gasteiger partial charge on any atom is 0.269 e. The van der Waals surface area contributed by atoms with Crippen molar-refractivity contribution < 1.29 is 4.79 Å². The fourth-order valence-electron chi connectivity index (χ4n) is 1.35. The fraction of sp³-hybridized carbons (Fsp3) is 0.600. The first-order valence-electron chi connectivity index (χ1n) is 5.00. The first-order chi connectivity index (χ1) is 7.15. The molecule has 1 rings (SSSR count). The first-order valence-corrected chi connectivity index (χ1v) is 6.12. The highest BCUT2D eigenvalue weighted by atomic mass is 79.9. The van der Waals surface area contributed by atoms with Crippen molar-refractivity contribution in [2.45, 2.75) is 25.8 Å². The third-order valence-corrected chi connectivity index (χ3v) is 2.76. The normalized spacial score (nSPS) is 12.5. The lowest BCUT2D eigenvalue weighted by Crippen LogP contribution is -2.33. The van der Waals surface area contributed by atoms with Gasteiger partial charge in [-0.25, -0.2) is 0 Å². The molecular formula is C10H16BrN3O. The molecule has 0 saturated heterocycles. The van der Waals surface area contributed by atoms with Gasteiger partial charge >= 0.3 is 0 Å². The zero-order chi connectivity index (χ0) is 11.3. The summed E-state index contributed by atoms with van der Waals surface area (Å²) >= 11 is 3.37. The minimum Gasteiger partial charge on any atom is -0.348 e. The summed E-state index contributed by atoms with van der Waals surface area (Å²) in [4.78, 5) is 11.7. The average molecular weight is 274 g/mol. The van der Waals surface area contributed by atoms with Crippen LogP contribution in [0.3, 0.4) is 0 Å². The predicted molar refractivity (Wildman–Crippen MR) is 63.2 cm³/mol. The Hall–Kier alpha value is -0.840. The standard InChI is InChI=1S/C10H16BrN3O/c1-8(4-3-6-11)13-10(15)9-5-7-12-14(9)2/h5,7-8H,3-4,6H2,1-2H3,(H,13,15). The van der Waals surface area contributed by atoms with Gasteiger partial charge < -0.3 is 5.32 Å². The van der Waals surface area contributed by atoms with Crippen molar-refractivity contribution in [3.63, 3.8) is 0 Å². The number of rotatable bonds is 5. The highest BCUT2D eigenvalue weighted by molar-refractivity contribution is 9.09. The monoisotopic (exact) mass is 273 g/mol. The van der Waals surface area contributed by atoms with Crippen LogP contribution in [0.15, 0.2) is 12.3 Å². The Morgan fingerprint density at radius 1 is 1.73 bits per heavy atom. The van der Waals surface area contributed by atoms with E-state index < -0.39 is 0 Å². The largest absolute Gasteiger partial charge is 0.348 e. The van der Waals surface area contributed by atoms with E-state index in [4.69, 9.17) is 0 Å². The van der Waals surface area contributed by atoms with Crippen molar-refractivity contribution in [2.75, 3.05) is 5.33 Å². The summed E-state index contributed by atoms with van der Waals surface area (Å²) in [6.07, 6.45) is 3.67. The number of aromatic nitrogens is 2. The van der Waals surface area contributed by atoms with Crippen LogP contribution in [0, 0.1) is 0 Å². The van der Waals surface area contributed by atoms with Gasteiger partial charge in [0.25, 0.3) is 5.91 Å². The van der Waals surface area contributed by atoms with Gasteiger partial charge in [-0.15, -0.1) is 0 Å². The maximum absolute atomic E-state index is 11.7. The lowest BCUT2D eigenvalue weighted by Gasteiger charge is -2.12. The van der Waals surface area contributed by atoms with Crippen LogP contribution < -0.4 is 5.32 Å². The van der Waals surface area contributed by atoms with Crippen molar-refractivity contribution in [1.29, 1.82) is 0 Å². The number of nitrogens with zero attached hydrogens (tertiary/aromatic N) is 2. The summed E-state index contributed by atoms with van der Waals surface area (Å²) in [6.45, 7) is 2.01. The minimum absolute atomic E-state index is 0.0583. The molecule has 15 heavy (non-hydrogen) atoms. The molecular weight excluding hydrogens is 258 g/mol. The molecule has 1 heterocycles. The summed E-state index contributed by atoms with van der Waals surface area (Å²) < 4.78 is 1.58. The van der Waals surface area contributed by atoms with E-state index in [1.807, 2.05) is 6.92 Å². The van der Waals surface area contributed by atoms with Gasteiger partial charge in [-0.2, -0.15) is 5.10 Å². The molecule has 0 aliphatic rings. The van der Waals surface area contributed by atoms with E-state index >= 15 is 0 Å². The van der Waals surface area contributed by atoms with Crippen LogP contribution in [-0.2, 0) is 7.05 Å². The van der Waals surface area contributed by atoms with E-state index in [1.54, 1.807) is 24.0 Å². The quantitative estimate of drug-likeness (QED) is 0.831. The van der Waals surface area contributed by atoms with Crippen LogP contribution >= 0.6 is 15.9 Å². The molecule has 0 aliphatic carbocycles. The Morgan fingerprint density at radius 2 is 2.47 bits per heavy atom. The first kappa shape index (κ1) is 12.2. The summed E-state index contributed by atoms with van der Waals surface area (Å²) in [5, 5.41) is 7.86. The second-order valence-electron chi connectivity index (χ2n) is 3.55. The van der Waals surface area contributed by atoms with Gasteiger partial charge in [0.15, 0.2) is 0 Å². The van der Waals surface area contributed by atoms with E-state index in [-0.39, 0.29) is 11.9 Å². The molecule has 0 bridgehead atoms. The maximum atomic E-state index is 11.7. The zero-order valence-corrected chi connectivity index (χ0v) is 10.6. The van der Waals surface area contributed by atoms with E-state index in [0.29, 0.717) is 5.69 Å². The van der Waals surface area contributed by atoms with E-state index in [0.717, 1.165) is 18.2 Å². The number of amides is 1. The van der Waals surface area contributed by atoms with Gasteiger partial charge in [0.2, 0.25) is 0 Å². The lowest BCUT2D eigenvalue weighted by molar-refractivity contribution is 0.0929. The molecule has 1 amide bonds. The Morgan fingerprint density at radius 3 is 3.00 bits per heavy atom. The molecule has 1 atom stereocenters. The van der Waals surface area contributed by atoms with Crippen LogP contribution in [0.4, 0.5) is 0 Å². The number of aryl methyl sites for hydroxylation is 1. The van der Waals surface area contributed by atoms with Gasteiger partial charge in [-0.05, 0) is 25.8 Å². The molecule has 84 valence electrons. The molecule has 0 radical (unpaired) electrons. The van der Waals surface area contributed by atoms with E-state index in [9.17, 15) is 4.79 Å². The third-order valence-electron chi connectivity index (χ3n) is 2.20. The van der Waals surface area contributed by atoms with Gasteiger partial charge in [0.05, 0.1) is 0 Å². The number of alkyl halides is 1. The summed E-state index contributed by atoms with van der Waals surface area (Å²) in [7, 11) is 1.76. The van der Waals surface area contributed by atoms with Gasteiger partial charge in [0, 0.05) is 24.6 Å². The molecule has 1 aromatic heterocycles. The topological polar surface area (TPSA) is 46.9 Å². The number of hydrogen-bond acceptors (Lipinski definition) is 2. The number of halogens is 1. The number of carbonyl (C=O) groups is 1.